The summed E-state index contributed by atoms with van der Waals surface area (Å²) in [4.78, 5) is 13.6. The quantitative estimate of drug-likeness (QED) is 0.162. The zero-order valence-corrected chi connectivity index (χ0v) is 23.5. The maximum Gasteiger partial charge on any atom is 0.418 e. The fourth-order valence-corrected chi connectivity index (χ4v) is 5.31. The molecule has 1 aliphatic carbocycles. The number of carbonyl (C=O) groups excluding carboxylic acids is 1. The van der Waals surface area contributed by atoms with Crippen molar-refractivity contribution in [2.24, 2.45) is 5.41 Å². The van der Waals surface area contributed by atoms with Crippen molar-refractivity contribution in [1.29, 1.82) is 0 Å². The molecule has 0 aromatic heterocycles. The fourth-order valence-electron chi connectivity index (χ4n) is 5.31. The van der Waals surface area contributed by atoms with Crippen molar-refractivity contribution >= 4 is 11.5 Å². The minimum absolute atomic E-state index is 0.0525. The molecular weight excluding hydrogens is 505 g/mol. The first-order chi connectivity index (χ1) is 18.8. The van der Waals surface area contributed by atoms with Gasteiger partial charge in [0.1, 0.15) is 6.10 Å². The maximum atomic E-state index is 14.0. The van der Waals surface area contributed by atoms with E-state index < -0.39 is 36.1 Å². The smallest absolute Gasteiger partial charge is 0.418 e. The molecule has 1 saturated heterocycles. The molecule has 4 nitrogen and oxygen atoms in total. The summed E-state index contributed by atoms with van der Waals surface area (Å²) in [5.41, 5.74) is 1.06. The Balaban J connectivity index is 1.68. The summed E-state index contributed by atoms with van der Waals surface area (Å²) in [5, 5.41) is 0. The van der Waals surface area contributed by atoms with E-state index in [1.165, 1.54) is 0 Å². The molecular formula is C32H45F3O4. The third-order valence-electron chi connectivity index (χ3n) is 7.71. The first kappa shape index (κ1) is 31.4. The lowest BCUT2D eigenvalue weighted by Crippen LogP contribution is -2.51. The molecule has 0 saturated carbocycles. The van der Waals surface area contributed by atoms with Gasteiger partial charge in [-0.05, 0) is 36.8 Å². The SMILES string of the molecule is CCCCCCCC1(C(=O)O[C@H]2CC[C@H](OCCCCCC)O[C@@H]2C(F)(F)F)C=CC(c2ccccc2)=CC1. The van der Waals surface area contributed by atoms with Crippen LogP contribution in [-0.2, 0) is 19.0 Å². The van der Waals surface area contributed by atoms with E-state index in [1.807, 2.05) is 48.6 Å². The standard InChI is InChI=1S/C32H45F3O4/c1-3-5-7-9-13-21-31(22-19-26(20-23-31)25-15-11-10-12-16-25)30(36)38-27-17-18-28(37-24-14-8-6-4-2)39-29(27)32(33,34)35/h10-12,15-16,19-20,22,27-29H,3-9,13-14,17-18,21,23-24H2,1-2H3/t27-,28+,29-,31?/m0/s1. The van der Waals surface area contributed by atoms with Crippen LogP contribution in [0.15, 0.2) is 48.6 Å². The number of carbonyl (C=O) groups is 1. The number of hydrogen-bond acceptors (Lipinski definition) is 4. The van der Waals surface area contributed by atoms with Gasteiger partial charge in [0.2, 0.25) is 0 Å². The second-order valence-electron chi connectivity index (χ2n) is 10.9. The Morgan fingerprint density at radius 3 is 2.31 bits per heavy atom. The molecule has 1 aliphatic heterocycles. The van der Waals surface area contributed by atoms with Crippen molar-refractivity contribution in [3.8, 4) is 0 Å². The van der Waals surface area contributed by atoms with Gasteiger partial charge in [-0.1, -0.05) is 114 Å². The molecule has 0 radical (unpaired) electrons. The Morgan fingerprint density at radius 1 is 0.974 bits per heavy atom. The lowest BCUT2D eigenvalue weighted by atomic mass is 9.75. The van der Waals surface area contributed by atoms with E-state index in [2.05, 4.69) is 13.8 Å². The largest absolute Gasteiger partial charge is 0.459 e. The van der Waals surface area contributed by atoms with Crippen molar-refractivity contribution in [2.75, 3.05) is 6.61 Å². The molecule has 1 fully saturated rings. The van der Waals surface area contributed by atoms with Crippen LogP contribution in [0.25, 0.3) is 5.57 Å². The number of unbranched alkanes of at least 4 members (excludes halogenated alkanes) is 7. The molecule has 1 heterocycles. The van der Waals surface area contributed by atoms with Crippen LogP contribution in [0.2, 0.25) is 0 Å². The maximum absolute atomic E-state index is 14.0. The van der Waals surface area contributed by atoms with Crippen molar-refractivity contribution in [3.63, 3.8) is 0 Å². The van der Waals surface area contributed by atoms with E-state index in [4.69, 9.17) is 14.2 Å². The predicted molar refractivity (Wildman–Crippen MR) is 148 cm³/mol. The molecule has 0 amide bonds. The fraction of sp³-hybridized carbons (Fsp3) is 0.656. The molecule has 3 rings (SSSR count). The number of allylic oxidation sites excluding steroid dienone is 3. The second-order valence-corrected chi connectivity index (χ2v) is 10.9. The van der Waals surface area contributed by atoms with Crippen LogP contribution >= 0.6 is 0 Å². The van der Waals surface area contributed by atoms with Crippen molar-refractivity contribution in [2.45, 2.75) is 122 Å². The Morgan fingerprint density at radius 2 is 1.67 bits per heavy atom. The summed E-state index contributed by atoms with van der Waals surface area (Å²) in [7, 11) is 0. The van der Waals surface area contributed by atoms with Crippen molar-refractivity contribution in [3.05, 3.63) is 54.1 Å². The van der Waals surface area contributed by atoms with Gasteiger partial charge in [-0.15, -0.1) is 0 Å². The molecule has 1 unspecified atom stereocenters. The summed E-state index contributed by atoms with van der Waals surface area (Å²) in [6, 6.07) is 9.86. The number of esters is 1. The Bertz CT molecular complexity index is 927. The molecule has 218 valence electrons. The zero-order valence-electron chi connectivity index (χ0n) is 23.5. The highest BCUT2D eigenvalue weighted by molar-refractivity contribution is 5.84. The van der Waals surface area contributed by atoms with E-state index in [0.29, 0.717) is 19.4 Å². The highest BCUT2D eigenvalue weighted by atomic mass is 19.4. The van der Waals surface area contributed by atoms with Crippen LogP contribution in [0.4, 0.5) is 13.2 Å². The number of hydrogen-bond donors (Lipinski definition) is 0. The number of benzene rings is 1. The molecule has 4 atom stereocenters. The van der Waals surface area contributed by atoms with E-state index in [-0.39, 0.29) is 12.8 Å². The molecule has 39 heavy (non-hydrogen) atoms. The summed E-state index contributed by atoms with van der Waals surface area (Å²) >= 11 is 0. The second kappa shape index (κ2) is 15.6. The number of ether oxygens (including phenoxy) is 3. The van der Waals surface area contributed by atoms with Gasteiger partial charge in [-0.2, -0.15) is 13.2 Å². The third kappa shape index (κ3) is 9.49. The van der Waals surface area contributed by atoms with Gasteiger partial charge in [0.05, 0.1) is 5.41 Å². The Labute approximate surface area is 232 Å². The number of halogens is 3. The minimum Gasteiger partial charge on any atom is -0.459 e. The van der Waals surface area contributed by atoms with Gasteiger partial charge in [0.15, 0.2) is 12.4 Å². The van der Waals surface area contributed by atoms with E-state index in [9.17, 15) is 18.0 Å². The van der Waals surface area contributed by atoms with E-state index >= 15 is 0 Å². The van der Waals surface area contributed by atoms with Crippen molar-refractivity contribution in [1.82, 2.24) is 0 Å². The molecule has 0 bridgehead atoms. The van der Waals surface area contributed by atoms with Crippen LogP contribution in [0.5, 0.6) is 0 Å². The average Bonchev–Trinajstić information content (AvgIpc) is 2.93. The average molecular weight is 551 g/mol. The molecule has 7 heteroatoms. The zero-order chi connectivity index (χ0) is 28.1. The summed E-state index contributed by atoms with van der Waals surface area (Å²) in [6.07, 6.45) is 6.82. The predicted octanol–water partition coefficient (Wildman–Crippen LogP) is 8.95. The lowest BCUT2D eigenvalue weighted by molar-refractivity contribution is -0.314. The van der Waals surface area contributed by atoms with Gasteiger partial charge in [-0.3, -0.25) is 4.79 Å². The van der Waals surface area contributed by atoms with Gasteiger partial charge in [-0.25, -0.2) is 0 Å². The molecule has 2 aliphatic rings. The van der Waals surface area contributed by atoms with Crippen LogP contribution < -0.4 is 0 Å². The topological polar surface area (TPSA) is 44.8 Å². The first-order valence-corrected chi connectivity index (χ1v) is 14.8. The lowest BCUT2D eigenvalue weighted by Gasteiger charge is -2.39. The highest BCUT2D eigenvalue weighted by Crippen LogP contribution is 2.41. The van der Waals surface area contributed by atoms with Crippen LogP contribution in [0.3, 0.4) is 0 Å². The summed E-state index contributed by atoms with van der Waals surface area (Å²) in [5.74, 6) is -0.598. The highest BCUT2D eigenvalue weighted by Gasteiger charge is 2.52. The van der Waals surface area contributed by atoms with Gasteiger partial charge >= 0.3 is 12.1 Å². The Hall–Kier alpha value is -2.12. The number of rotatable bonds is 15. The van der Waals surface area contributed by atoms with Gasteiger partial charge in [0.25, 0.3) is 0 Å². The third-order valence-corrected chi connectivity index (χ3v) is 7.71. The van der Waals surface area contributed by atoms with Gasteiger partial charge in [0, 0.05) is 13.0 Å². The normalized spacial score (nSPS) is 25.4. The molecule has 1 aromatic carbocycles. The van der Waals surface area contributed by atoms with Crippen LogP contribution in [0, 0.1) is 5.41 Å². The van der Waals surface area contributed by atoms with Crippen LogP contribution in [-0.4, -0.2) is 37.3 Å². The van der Waals surface area contributed by atoms with E-state index in [1.54, 1.807) is 0 Å². The minimum atomic E-state index is -4.66. The molecule has 0 spiro atoms. The van der Waals surface area contributed by atoms with Gasteiger partial charge < -0.3 is 14.2 Å². The van der Waals surface area contributed by atoms with Crippen molar-refractivity contribution < 1.29 is 32.2 Å². The Kier molecular flexibility index (Phi) is 12.6. The summed E-state index contributed by atoms with van der Waals surface area (Å²) < 4.78 is 58.6. The monoisotopic (exact) mass is 550 g/mol. The number of alkyl halides is 3. The molecule has 1 aromatic rings. The first-order valence-electron chi connectivity index (χ1n) is 14.8. The van der Waals surface area contributed by atoms with Crippen LogP contribution in [0.1, 0.15) is 103 Å². The van der Waals surface area contributed by atoms with E-state index in [0.717, 1.165) is 68.9 Å². The molecule has 0 N–H and O–H groups in total. The summed E-state index contributed by atoms with van der Waals surface area (Å²) in [6.45, 7) is 4.60.